The Balaban J connectivity index is 2.17. The molecule has 23 heavy (non-hydrogen) atoms. The van der Waals surface area contributed by atoms with Gasteiger partial charge in [-0.25, -0.2) is 4.98 Å². The van der Waals surface area contributed by atoms with E-state index in [2.05, 4.69) is 27.7 Å². The lowest BCUT2D eigenvalue weighted by Gasteiger charge is -2.16. The summed E-state index contributed by atoms with van der Waals surface area (Å²) in [5.41, 5.74) is 3.15. The normalized spacial score (nSPS) is 18.0. The fourth-order valence-corrected chi connectivity index (χ4v) is 4.65. The van der Waals surface area contributed by atoms with Crippen LogP contribution in [0.25, 0.3) is 5.69 Å². The summed E-state index contributed by atoms with van der Waals surface area (Å²) >= 11 is 3.35. The molecule has 1 aromatic heterocycles. The van der Waals surface area contributed by atoms with E-state index in [-0.39, 0.29) is 5.56 Å². The Bertz CT molecular complexity index is 768. The highest BCUT2D eigenvalue weighted by Crippen LogP contribution is 2.35. The van der Waals surface area contributed by atoms with Crippen molar-refractivity contribution in [2.24, 2.45) is 0 Å². The molecule has 0 aliphatic carbocycles. The van der Waals surface area contributed by atoms with Gasteiger partial charge < -0.3 is 0 Å². The molecule has 5 heteroatoms. The van der Waals surface area contributed by atoms with Gasteiger partial charge in [-0.2, -0.15) is 0 Å². The lowest BCUT2D eigenvalue weighted by atomic mass is 10.2. The molecule has 0 fully saturated rings. The number of hydrogen-bond acceptors (Lipinski definition) is 4. The van der Waals surface area contributed by atoms with Crippen molar-refractivity contribution < 1.29 is 0 Å². The molecule has 122 valence electrons. The van der Waals surface area contributed by atoms with Crippen molar-refractivity contribution in [1.82, 2.24) is 9.55 Å². The molecule has 3 nitrogen and oxygen atoms in total. The maximum atomic E-state index is 13.1. The van der Waals surface area contributed by atoms with Crippen LogP contribution in [0.2, 0.25) is 0 Å². The van der Waals surface area contributed by atoms with Crippen LogP contribution in [0.5, 0.6) is 0 Å². The van der Waals surface area contributed by atoms with Crippen LogP contribution in [0.3, 0.4) is 0 Å². The van der Waals surface area contributed by atoms with Crippen LogP contribution in [0.4, 0.5) is 0 Å². The molecule has 0 spiro atoms. The van der Waals surface area contributed by atoms with Gasteiger partial charge >= 0.3 is 0 Å². The van der Waals surface area contributed by atoms with E-state index in [1.54, 1.807) is 28.1 Å². The van der Waals surface area contributed by atoms with Gasteiger partial charge in [-0.3, -0.25) is 9.36 Å². The smallest absolute Gasteiger partial charge is 0.268 e. The molecule has 0 N–H and O–H groups in total. The Hall–Kier alpha value is -1.20. The highest BCUT2D eigenvalue weighted by molar-refractivity contribution is 8.00. The molecule has 0 radical (unpaired) electrons. The molecule has 0 saturated carbocycles. The van der Waals surface area contributed by atoms with E-state index in [0.717, 1.165) is 34.3 Å². The Morgan fingerprint density at radius 1 is 1.39 bits per heavy atom. The monoisotopic (exact) mass is 346 g/mol. The zero-order chi connectivity index (χ0) is 16.6. The molecule has 0 amide bonds. The summed E-state index contributed by atoms with van der Waals surface area (Å²) in [7, 11) is 0. The summed E-state index contributed by atoms with van der Waals surface area (Å²) in [5, 5.41) is 1.69. The van der Waals surface area contributed by atoms with E-state index >= 15 is 0 Å². The van der Waals surface area contributed by atoms with Crippen LogP contribution in [-0.4, -0.2) is 20.1 Å². The van der Waals surface area contributed by atoms with E-state index in [1.165, 1.54) is 5.56 Å². The Labute approximate surface area is 145 Å². The largest absolute Gasteiger partial charge is 0.272 e. The first kappa shape index (κ1) is 16.7. The lowest BCUT2D eigenvalue weighted by Crippen LogP contribution is -2.24. The maximum Gasteiger partial charge on any atom is 0.272 e. The Kier molecular flexibility index (Phi) is 4.87. The Morgan fingerprint density at radius 3 is 2.74 bits per heavy atom. The molecule has 1 aliphatic heterocycles. The van der Waals surface area contributed by atoms with Gasteiger partial charge in [0.1, 0.15) is 0 Å². The van der Waals surface area contributed by atoms with Gasteiger partial charge in [0.05, 0.1) is 16.3 Å². The molecule has 0 saturated heterocycles. The van der Waals surface area contributed by atoms with E-state index in [4.69, 9.17) is 4.98 Å². The summed E-state index contributed by atoms with van der Waals surface area (Å²) in [5.74, 6) is 0. The first-order valence-corrected chi connectivity index (χ1v) is 9.81. The van der Waals surface area contributed by atoms with Gasteiger partial charge in [-0.15, -0.1) is 11.8 Å². The van der Waals surface area contributed by atoms with E-state index < -0.39 is 0 Å². The van der Waals surface area contributed by atoms with Gasteiger partial charge in [0.25, 0.3) is 5.56 Å². The minimum Gasteiger partial charge on any atom is -0.268 e. The van der Waals surface area contributed by atoms with Crippen molar-refractivity contribution in [3.63, 3.8) is 0 Å². The summed E-state index contributed by atoms with van der Waals surface area (Å²) in [6.07, 6.45) is 1.94. The number of fused-ring (bicyclic) bond motifs is 1. The van der Waals surface area contributed by atoms with Crippen LogP contribution < -0.4 is 5.56 Å². The van der Waals surface area contributed by atoms with Crippen molar-refractivity contribution >= 4 is 23.5 Å². The van der Waals surface area contributed by atoms with Crippen molar-refractivity contribution in [2.45, 2.75) is 61.1 Å². The molecule has 2 heterocycles. The fourth-order valence-electron chi connectivity index (χ4n) is 2.56. The first-order chi connectivity index (χ1) is 11.0. The average molecular weight is 347 g/mol. The van der Waals surface area contributed by atoms with Crippen molar-refractivity contribution in [2.75, 3.05) is 0 Å². The van der Waals surface area contributed by atoms with Crippen LogP contribution >= 0.6 is 23.5 Å². The highest BCUT2D eigenvalue weighted by atomic mass is 32.2. The predicted molar refractivity (Wildman–Crippen MR) is 99.2 cm³/mol. The second-order valence-corrected chi connectivity index (χ2v) is 8.97. The number of hydrogen-bond donors (Lipinski definition) is 0. The third kappa shape index (κ3) is 3.36. The molecule has 3 rings (SSSR count). The predicted octanol–water partition coefficient (Wildman–Crippen LogP) is 4.47. The van der Waals surface area contributed by atoms with Crippen molar-refractivity contribution in [1.29, 1.82) is 0 Å². The second-order valence-electron chi connectivity index (χ2n) is 6.12. The van der Waals surface area contributed by atoms with Gasteiger partial charge in [0.15, 0.2) is 5.16 Å². The highest BCUT2D eigenvalue weighted by Gasteiger charge is 2.27. The molecular formula is C18H22N2OS2. The summed E-state index contributed by atoms with van der Waals surface area (Å²) in [6.45, 7) is 8.56. The summed E-state index contributed by atoms with van der Waals surface area (Å²) in [4.78, 5) is 18.8. The minimum absolute atomic E-state index is 0.0824. The average Bonchev–Trinajstić information content (AvgIpc) is 2.89. The maximum absolute atomic E-state index is 13.1. The van der Waals surface area contributed by atoms with Crippen molar-refractivity contribution in [3.8, 4) is 5.69 Å². The van der Waals surface area contributed by atoms with Gasteiger partial charge in [-0.1, -0.05) is 50.2 Å². The zero-order valence-corrected chi connectivity index (χ0v) is 15.6. The van der Waals surface area contributed by atoms with E-state index in [1.807, 2.05) is 24.3 Å². The molecule has 2 atom stereocenters. The van der Waals surface area contributed by atoms with E-state index in [0.29, 0.717) is 10.5 Å². The van der Waals surface area contributed by atoms with Gasteiger partial charge in [0.2, 0.25) is 0 Å². The molecule has 1 aliphatic rings. The molecule has 1 aromatic carbocycles. The van der Waals surface area contributed by atoms with Gasteiger partial charge in [0, 0.05) is 16.9 Å². The third-order valence-corrected chi connectivity index (χ3v) is 6.49. The summed E-state index contributed by atoms with van der Waals surface area (Å²) < 4.78 is 1.79. The molecule has 0 bridgehead atoms. The summed E-state index contributed by atoms with van der Waals surface area (Å²) in [6, 6.07) is 8.11. The number of nitrogens with zero attached hydrogens (tertiary/aromatic N) is 2. The van der Waals surface area contributed by atoms with Crippen LogP contribution in [0, 0.1) is 6.92 Å². The van der Waals surface area contributed by atoms with Crippen LogP contribution in [-0.2, 0) is 6.42 Å². The number of thioether (sulfide) groups is 2. The quantitative estimate of drug-likeness (QED) is 0.604. The van der Waals surface area contributed by atoms with E-state index in [9.17, 15) is 4.79 Å². The Morgan fingerprint density at radius 2 is 2.09 bits per heavy atom. The number of aryl methyl sites for hydroxylation is 1. The standard InChI is InChI=1S/C18H22N2OS2/c1-5-12(3)23-18-19-15-10-13(4)22-16(15)17(21)20(18)14-8-6-11(2)7-9-14/h6-9,12-13H,5,10H2,1-4H3/t12-,13-/m1/s1. The number of benzene rings is 1. The van der Waals surface area contributed by atoms with Crippen molar-refractivity contribution in [3.05, 3.63) is 45.9 Å². The first-order valence-electron chi connectivity index (χ1n) is 8.06. The second kappa shape index (κ2) is 6.73. The molecule has 0 unspecified atom stereocenters. The van der Waals surface area contributed by atoms with Crippen LogP contribution in [0.1, 0.15) is 38.4 Å². The third-order valence-electron chi connectivity index (χ3n) is 4.05. The van der Waals surface area contributed by atoms with Gasteiger partial charge in [-0.05, 0) is 25.5 Å². The topological polar surface area (TPSA) is 34.9 Å². The number of aromatic nitrogens is 2. The molecular weight excluding hydrogens is 324 g/mol. The fraction of sp³-hybridized carbons (Fsp3) is 0.444. The zero-order valence-electron chi connectivity index (χ0n) is 14.0. The minimum atomic E-state index is 0.0824. The van der Waals surface area contributed by atoms with Crippen LogP contribution in [0.15, 0.2) is 39.1 Å². The molecule has 2 aromatic rings. The SMILES string of the molecule is CC[C@@H](C)Sc1nc2c(c(=O)n1-c1ccc(C)cc1)S[C@H](C)C2. The number of rotatable bonds is 4. The lowest BCUT2D eigenvalue weighted by molar-refractivity contribution is 0.726.